The van der Waals surface area contributed by atoms with E-state index in [1.54, 1.807) is 0 Å². The highest BCUT2D eigenvalue weighted by Gasteiger charge is 2.31. The van der Waals surface area contributed by atoms with Crippen LogP contribution < -0.4 is 10.1 Å². The fourth-order valence-corrected chi connectivity index (χ4v) is 3.28. The molecule has 2 atom stereocenters. The highest BCUT2D eigenvalue weighted by atomic mass is 79.9. The maximum Gasteiger partial charge on any atom is 0.137 e. The van der Waals surface area contributed by atoms with E-state index in [1.165, 1.54) is 11.6 Å². The number of nitrogens with one attached hydrogen (secondary N) is 1. The fraction of sp³-hybridized carbons (Fsp3) is 0.294. The Balaban J connectivity index is 1.97. The van der Waals surface area contributed by atoms with E-state index < -0.39 is 0 Å². The first-order valence-electron chi connectivity index (χ1n) is 7.10. The van der Waals surface area contributed by atoms with Crippen LogP contribution >= 0.6 is 15.9 Å². The average Bonchev–Trinajstić information content (AvgIpc) is 2.92. The van der Waals surface area contributed by atoms with E-state index in [1.807, 2.05) is 30.3 Å². The normalized spacial score (nSPS) is 18.1. The summed E-state index contributed by atoms with van der Waals surface area (Å²) in [5.41, 5.74) is 2.28. The van der Waals surface area contributed by atoms with Crippen LogP contribution in [0.3, 0.4) is 0 Å². The van der Waals surface area contributed by atoms with Gasteiger partial charge in [0.15, 0.2) is 0 Å². The van der Waals surface area contributed by atoms with Crippen molar-refractivity contribution in [2.24, 2.45) is 0 Å². The lowest BCUT2D eigenvalue weighted by atomic mass is 9.88. The molecule has 21 heavy (non-hydrogen) atoms. The Morgan fingerprint density at radius 1 is 1.33 bits per heavy atom. The number of ether oxygens (including phenoxy) is 1. The third-order valence-electron chi connectivity index (χ3n) is 3.87. The molecule has 0 aromatic heterocycles. The molecule has 4 heteroatoms. The summed E-state index contributed by atoms with van der Waals surface area (Å²) < 4.78 is 19.8. The van der Waals surface area contributed by atoms with Crippen molar-refractivity contribution in [1.29, 1.82) is 0 Å². The Bertz CT molecular complexity index is 646. The predicted molar refractivity (Wildman–Crippen MR) is 85.2 cm³/mol. The molecule has 0 aliphatic carbocycles. The van der Waals surface area contributed by atoms with Gasteiger partial charge in [0, 0.05) is 17.5 Å². The zero-order valence-electron chi connectivity index (χ0n) is 11.8. The minimum absolute atomic E-state index is 0.107. The average molecular weight is 350 g/mol. The zero-order chi connectivity index (χ0) is 14.8. The minimum atomic E-state index is -0.239. The molecule has 2 unspecified atom stereocenters. The number of fused-ring (bicyclic) bond motifs is 1. The molecule has 1 aliphatic heterocycles. The maximum atomic E-state index is 13.5. The number of hydrogen-bond donors (Lipinski definition) is 1. The molecule has 0 saturated heterocycles. The van der Waals surface area contributed by atoms with E-state index in [-0.39, 0.29) is 17.8 Å². The predicted octanol–water partition coefficient (Wildman–Crippen LogP) is 4.42. The van der Waals surface area contributed by atoms with Crippen LogP contribution in [0.2, 0.25) is 0 Å². The van der Waals surface area contributed by atoms with Gasteiger partial charge in [-0.1, -0.05) is 31.2 Å². The van der Waals surface area contributed by atoms with Crippen LogP contribution in [-0.4, -0.2) is 13.2 Å². The van der Waals surface area contributed by atoms with Gasteiger partial charge in [-0.3, -0.25) is 0 Å². The molecule has 0 radical (unpaired) electrons. The van der Waals surface area contributed by atoms with Crippen molar-refractivity contribution >= 4 is 15.9 Å². The second kappa shape index (κ2) is 6.16. The molecule has 3 rings (SSSR count). The highest BCUT2D eigenvalue weighted by molar-refractivity contribution is 9.10. The molecule has 1 heterocycles. The van der Waals surface area contributed by atoms with Gasteiger partial charge in [-0.15, -0.1) is 0 Å². The molecular formula is C17H17BrFNO. The Kier molecular flexibility index (Phi) is 4.27. The standard InChI is InChI=1S/C17H17BrFNO/c1-2-20-17(11-7-8-15(19)14(18)9-11)13-10-21-16-6-4-3-5-12(13)16/h3-9,13,17,20H,2,10H2,1H3. The van der Waals surface area contributed by atoms with Crippen molar-refractivity contribution in [3.05, 3.63) is 63.9 Å². The Morgan fingerprint density at radius 3 is 2.90 bits per heavy atom. The largest absolute Gasteiger partial charge is 0.493 e. The topological polar surface area (TPSA) is 21.3 Å². The molecule has 2 nitrogen and oxygen atoms in total. The molecule has 1 N–H and O–H groups in total. The van der Waals surface area contributed by atoms with Crippen LogP contribution in [0.25, 0.3) is 0 Å². The van der Waals surface area contributed by atoms with Gasteiger partial charge in [0.1, 0.15) is 11.6 Å². The molecular weight excluding hydrogens is 333 g/mol. The van der Waals surface area contributed by atoms with Crippen LogP contribution in [0, 0.1) is 5.82 Å². The molecule has 2 aromatic carbocycles. The lowest BCUT2D eigenvalue weighted by Crippen LogP contribution is -2.28. The van der Waals surface area contributed by atoms with E-state index >= 15 is 0 Å². The van der Waals surface area contributed by atoms with E-state index in [0.717, 1.165) is 17.9 Å². The van der Waals surface area contributed by atoms with E-state index in [2.05, 4.69) is 34.2 Å². The van der Waals surface area contributed by atoms with Gasteiger partial charge in [-0.2, -0.15) is 0 Å². The summed E-state index contributed by atoms with van der Waals surface area (Å²) >= 11 is 3.27. The number of hydrogen-bond acceptors (Lipinski definition) is 2. The summed E-state index contributed by atoms with van der Waals surface area (Å²) in [6, 6.07) is 13.4. The quantitative estimate of drug-likeness (QED) is 0.882. The van der Waals surface area contributed by atoms with Crippen LogP contribution in [0.4, 0.5) is 4.39 Å². The number of benzene rings is 2. The van der Waals surface area contributed by atoms with E-state index in [0.29, 0.717) is 11.1 Å². The maximum absolute atomic E-state index is 13.5. The van der Waals surface area contributed by atoms with Gasteiger partial charge >= 0.3 is 0 Å². The van der Waals surface area contributed by atoms with E-state index in [9.17, 15) is 4.39 Å². The Hall–Kier alpha value is -1.39. The van der Waals surface area contributed by atoms with Crippen molar-refractivity contribution in [1.82, 2.24) is 5.32 Å². The summed E-state index contributed by atoms with van der Waals surface area (Å²) in [5.74, 6) is 0.946. The second-order valence-corrected chi connectivity index (χ2v) is 6.02. The zero-order valence-corrected chi connectivity index (χ0v) is 13.4. The number of rotatable bonds is 4. The van der Waals surface area contributed by atoms with E-state index in [4.69, 9.17) is 4.74 Å². The third-order valence-corrected chi connectivity index (χ3v) is 4.47. The van der Waals surface area contributed by atoms with Crippen LogP contribution in [0.1, 0.15) is 30.0 Å². The van der Waals surface area contributed by atoms with Gasteiger partial charge in [0.25, 0.3) is 0 Å². The first-order chi connectivity index (χ1) is 10.2. The lowest BCUT2D eigenvalue weighted by molar-refractivity contribution is 0.301. The molecule has 110 valence electrons. The molecule has 0 spiro atoms. The second-order valence-electron chi connectivity index (χ2n) is 5.16. The molecule has 1 aliphatic rings. The van der Waals surface area contributed by atoms with Gasteiger partial charge in [-0.25, -0.2) is 4.39 Å². The van der Waals surface area contributed by atoms with Crippen LogP contribution in [-0.2, 0) is 0 Å². The first-order valence-corrected chi connectivity index (χ1v) is 7.90. The summed E-state index contributed by atoms with van der Waals surface area (Å²) in [5, 5.41) is 3.51. The molecule has 0 bridgehead atoms. The Labute approximate surface area is 132 Å². The minimum Gasteiger partial charge on any atom is -0.493 e. The van der Waals surface area contributed by atoms with Crippen molar-refractivity contribution in [2.75, 3.05) is 13.2 Å². The van der Waals surface area contributed by atoms with Crippen molar-refractivity contribution in [3.8, 4) is 5.75 Å². The SMILES string of the molecule is CCNC(c1ccc(F)c(Br)c1)C1COc2ccccc21. The van der Waals surface area contributed by atoms with Gasteiger partial charge in [0.2, 0.25) is 0 Å². The molecule has 0 fully saturated rings. The van der Waals surface area contributed by atoms with Crippen molar-refractivity contribution in [3.63, 3.8) is 0 Å². The van der Waals surface area contributed by atoms with Gasteiger partial charge in [0.05, 0.1) is 11.1 Å². The van der Waals surface area contributed by atoms with Crippen molar-refractivity contribution < 1.29 is 9.13 Å². The number of likely N-dealkylation sites (N-methyl/N-ethyl adjacent to an activating group) is 1. The smallest absolute Gasteiger partial charge is 0.137 e. The molecule has 2 aromatic rings. The molecule has 0 saturated carbocycles. The summed E-state index contributed by atoms with van der Waals surface area (Å²) in [7, 11) is 0. The first kappa shape index (κ1) is 14.5. The fourth-order valence-electron chi connectivity index (χ4n) is 2.88. The monoisotopic (exact) mass is 349 g/mol. The van der Waals surface area contributed by atoms with Crippen LogP contribution in [0.5, 0.6) is 5.75 Å². The molecule has 0 amide bonds. The van der Waals surface area contributed by atoms with Crippen molar-refractivity contribution in [2.45, 2.75) is 18.9 Å². The third kappa shape index (κ3) is 2.83. The summed E-state index contributed by atoms with van der Waals surface area (Å²) in [4.78, 5) is 0. The number of halogens is 2. The lowest BCUT2D eigenvalue weighted by Gasteiger charge is -2.24. The summed E-state index contributed by atoms with van der Waals surface area (Å²) in [6.07, 6.45) is 0. The summed E-state index contributed by atoms with van der Waals surface area (Å²) in [6.45, 7) is 3.57. The van der Waals surface area contributed by atoms with Crippen LogP contribution in [0.15, 0.2) is 46.9 Å². The van der Waals surface area contributed by atoms with Gasteiger partial charge < -0.3 is 10.1 Å². The Morgan fingerprint density at radius 2 is 2.14 bits per heavy atom. The number of para-hydroxylation sites is 1. The highest BCUT2D eigenvalue weighted by Crippen LogP contribution is 2.41. The van der Waals surface area contributed by atoms with Gasteiger partial charge in [-0.05, 0) is 46.2 Å².